The van der Waals surface area contributed by atoms with E-state index < -0.39 is 11.4 Å². The van der Waals surface area contributed by atoms with Gasteiger partial charge in [0.05, 0.1) is 12.6 Å². The second-order valence-electron chi connectivity index (χ2n) is 7.58. The first-order chi connectivity index (χ1) is 14.3. The predicted octanol–water partition coefficient (Wildman–Crippen LogP) is 4.60. The van der Waals surface area contributed by atoms with E-state index >= 15 is 0 Å². The Labute approximate surface area is 179 Å². The van der Waals surface area contributed by atoms with Gasteiger partial charge in [0.15, 0.2) is 11.2 Å². The highest BCUT2D eigenvalue weighted by molar-refractivity contribution is 6.31. The Hall–Kier alpha value is -3.19. The largest absolute Gasteiger partial charge is 0.364 e. The summed E-state index contributed by atoms with van der Waals surface area (Å²) in [6.07, 6.45) is 0. The molecule has 0 spiro atoms. The third kappa shape index (κ3) is 2.97. The van der Waals surface area contributed by atoms with Gasteiger partial charge < -0.3 is 5.32 Å². The van der Waals surface area contributed by atoms with Gasteiger partial charge in [-0.1, -0.05) is 29.8 Å². The molecule has 2 atom stereocenters. The lowest BCUT2D eigenvalue weighted by molar-refractivity contribution is -0.129. The first-order valence-corrected chi connectivity index (χ1v) is 9.79. The number of para-hydroxylation sites is 1. The van der Waals surface area contributed by atoms with Crippen molar-refractivity contribution in [2.45, 2.75) is 12.5 Å². The molecule has 0 bridgehead atoms. The third-order valence-corrected chi connectivity index (χ3v) is 5.96. The minimum Gasteiger partial charge on any atom is -0.364 e. The Bertz CT molecular complexity index is 1150. The van der Waals surface area contributed by atoms with Crippen molar-refractivity contribution in [3.63, 3.8) is 0 Å². The van der Waals surface area contributed by atoms with E-state index in [4.69, 9.17) is 16.8 Å². The van der Waals surface area contributed by atoms with Crippen molar-refractivity contribution < 1.29 is 14.8 Å². The Kier molecular flexibility index (Phi) is 4.86. The van der Waals surface area contributed by atoms with Gasteiger partial charge in [0.25, 0.3) is 5.91 Å². The highest BCUT2D eigenvalue weighted by Crippen LogP contribution is 2.50. The van der Waals surface area contributed by atoms with Crippen LogP contribution in [0.4, 0.5) is 17.1 Å². The minimum absolute atomic E-state index is 0.0226. The van der Waals surface area contributed by atoms with E-state index in [9.17, 15) is 9.59 Å². The molecule has 3 N–H and O–H groups in total. The SMILES string of the molecule is CC1(Nc2ccc(C(=O)NO)cc2)C(=O)[N+](C)(c2cccc(Cl)c2)c2ccccc21. The molecule has 0 fully saturated rings. The van der Waals surface area contributed by atoms with Crippen LogP contribution in [0.3, 0.4) is 0 Å². The lowest BCUT2D eigenvalue weighted by Crippen LogP contribution is -2.51. The number of quaternary nitrogens is 1. The number of rotatable bonds is 4. The van der Waals surface area contributed by atoms with Crippen molar-refractivity contribution in [3.8, 4) is 0 Å². The maximum absolute atomic E-state index is 13.9. The molecule has 0 aromatic heterocycles. The molecular formula is C23H21ClN3O3+. The van der Waals surface area contributed by atoms with Crippen LogP contribution in [0, 0.1) is 0 Å². The zero-order valence-electron chi connectivity index (χ0n) is 16.5. The summed E-state index contributed by atoms with van der Waals surface area (Å²) in [6.45, 7) is 1.86. The normalized spacial score (nSPS) is 22.5. The van der Waals surface area contributed by atoms with Crippen molar-refractivity contribution in [2.24, 2.45) is 0 Å². The number of nitrogens with one attached hydrogen (secondary N) is 2. The summed E-state index contributed by atoms with van der Waals surface area (Å²) in [4.78, 5) is 25.5. The molecule has 7 heteroatoms. The lowest BCUT2D eigenvalue weighted by Gasteiger charge is -2.30. The summed E-state index contributed by atoms with van der Waals surface area (Å²) in [6, 6.07) is 21.6. The van der Waals surface area contributed by atoms with E-state index in [2.05, 4.69) is 5.32 Å². The molecule has 30 heavy (non-hydrogen) atoms. The highest BCUT2D eigenvalue weighted by atomic mass is 35.5. The molecule has 1 aliphatic heterocycles. The number of carbonyl (C=O) groups excluding carboxylic acids is 2. The van der Waals surface area contributed by atoms with E-state index in [1.165, 1.54) is 0 Å². The number of hydrogen-bond acceptors (Lipinski definition) is 4. The van der Waals surface area contributed by atoms with Crippen molar-refractivity contribution in [1.29, 1.82) is 0 Å². The van der Waals surface area contributed by atoms with E-state index in [1.54, 1.807) is 35.8 Å². The molecule has 1 aliphatic rings. The van der Waals surface area contributed by atoms with Crippen molar-refractivity contribution >= 4 is 40.5 Å². The molecule has 3 aromatic carbocycles. The number of carbonyl (C=O) groups is 2. The highest BCUT2D eigenvalue weighted by Gasteiger charge is 2.59. The van der Waals surface area contributed by atoms with Crippen LogP contribution in [0.2, 0.25) is 5.02 Å². The number of hydroxylamine groups is 1. The summed E-state index contributed by atoms with van der Waals surface area (Å²) in [5.74, 6) is -0.650. The summed E-state index contributed by atoms with van der Waals surface area (Å²) >= 11 is 6.23. The van der Waals surface area contributed by atoms with Crippen molar-refractivity contribution in [1.82, 2.24) is 9.96 Å². The van der Waals surface area contributed by atoms with Gasteiger partial charge in [-0.3, -0.25) is 10.0 Å². The second-order valence-corrected chi connectivity index (χ2v) is 8.01. The Morgan fingerprint density at radius 1 is 1.03 bits per heavy atom. The van der Waals surface area contributed by atoms with E-state index in [0.29, 0.717) is 16.3 Å². The monoisotopic (exact) mass is 422 g/mol. The number of nitrogens with zero attached hydrogens (tertiary/aromatic N) is 1. The van der Waals surface area contributed by atoms with Gasteiger partial charge in [-0.15, -0.1) is 0 Å². The average Bonchev–Trinajstić information content (AvgIpc) is 2.93. The van der Waals surface area contributed by atoms with Gasteiger partial charge in [0, 0.05) is 34.5 Å². The Balaban J connectivity index is 1.79. The number of likely N-dealkylation sites (N-methyl/N-ethyl adjacent to an activating group) is 1. The molecule has 0 aliphatic carbocycles. The molecule has 4 rings (SSSR count). The summed E-state index contributed by atoms with van der Waals surface area (Å²) < 4.78 is -0.0226. The number of halogens is 1. The summed E-state index contributed by atoms with van der Waals surface area (Å²) in [7, 11) is 1.87. The molecule has 152 valence electrons. The fraction of sp³-hybridized carbons (Fsp3) is 0.130. The molecular weight excluding hydrogens is 402 g/mol. The second kappa shape index (κ2) is 7.25. The predicted molar refractivity (Wildman–Crippen MR) is 117 cm³/mol. The smallest absolute Gasteiger partial charge is 0.353 e. The molecule has 0 saturated heterocycles. The first kappa shape index (κ1) is 20.1. The number of fused-ring (bicyclic) bond motifs is 1. The number of amides is 2. The number of anilines is 1. The topological polar surface area (TPSA) is 78.4 Å². The molecule has 1 heterocycles. The van der Waals surface area contributed by atoms with Crippen LogP contribution in [0.25, 0.3) is 0 Å². The molecule has 2 amide bonds. The molecule has 3 aromatic rings. The van der Waals surface area contributed by atoms with Crippen LogP contribution in [-0.2, 0) is 10.3 Å². The zero-order chi connectivity index (χ0) is 21.5. The van der Waals surface area contributed by atoms with Crippen molar-refractivity contribution in [3.05, 3.63) is 88.9 Å². The van der Waals surface area contributed by atoms with Gasteiger partial charge in [-0.25, -0.2) is 10.3 Å². The van der Waals surface area contributed by atoms with Crippen LogP contribution in [0.15, 0.2) is 72.8 Å². The van der Waals surface area contributed by atoms with Gasteiger partial charge in [0.1, 0.15) is 5.69 Å². The van der Waals surface area contributed by atoms with E-state index in [1.807, 2.05) is 56.4 Å². The number of hydrogen-bond donors (Lipinski definition) is 3. The molecule has 6 nitrogen and oxygen atoms in total. The molecule has 0 saturated carbocycles. The zero-order valence-corrected chi connectivity index (χ0v) is 17.3. The van der Waals surface area contributed by atoms with Gasteiger partial charge in [-0.05, 0) is 43.3 Å². The van der Waals surface area contributed by atoms with Crippen LogP contribution in [0.5, 0.6) is 0 Å². The number of benzene rings is 3. The Morgan fingerprint density at radius 3 is 2.40 bits per heavy atom. The van der Waals surface area contributed by atoms with Crippen LogP contribution in [-0.4, -0.2) is 24.1 Å². The van der Waals surface area contributed by atoms with Crippen LogP contribution < -0.4 is 15.3 Å². The fourth-order valence-corrected chi connectivity index (χ4v) is 4.33. The third-order valence-electron chi connectivity index (χ3n) is 5.73. The summed E-state index contributed by atoms with van der Waals surface area (Å²) in [5, 5.41) is 12.7. The minimum atomic E-state index is -1.01. The van der Waals surface area contributed by atoms with Gasteiger partial charge in [0.2, 0.25) is 0 Å². The average molecular weight is 423 g/mol. The van der Waals surface area contributed by atoms with E-state index in [-0.39, 0.29) is 10.4 Å². The summed E-state index contributed by atoms with van der Waals surface area (Å²) in [5.41, 5.74) is 4.11. The fourth-order valence-electron chi connectivity index (χ4n) is 4.15. The van der Waals surface area contributed by atoms with Crippen molar-refractivity contribution in [2.75, 3.05) is 12.4 Å². The maximum Gasteiger partial charge on any atom is 0.353 e. The van der Waals surface area contributed by atoms with Crippen LogP contribution >= 0.6 is 11.6 Å². The van der Waals surface area contributed by atoms with Gasteiger partial charge in [-0.2, -0.15) is 4.48 Å². The van der Waals surface area contributed by atoms with Gasteiger partial charge >= 0.3 is 5.91 Å². The molecule has 0 radical (unpaired) electrons. The molecule has 2 unspecified atom stereocenters. The maximum atomic E-state index is 13.9. The standard InChI is InChI=1S/C23H20ClN3O3/c1-23(25-17-12-10-15(11-13-17)21(28)26-30)19-8-3-4-9-20(19)27(2,22(23)29)18-7-5-6-16(24)14-18/h3-14H,1-2H3,(H2-,25,26,28,30)/p+1. The van der Waals surface area contributed by atoms with E-state index in [0.717, 1.165) is 16.9 Å². The first-order valence-electron chi connectivity index (χ1n) is 9.41. The lowest BCUT2D eigenvalue weighted by atomic mass is 9.93. The Morgan fingerprint density at radius 2 is 1.73 bits per heavy atom. The quantitative estimate of drug-likeness (QED) is 0.326. The van der Waals surface area contributed by atoms with Crippen LogP contribution in [0.1, 0.15) is 22.8 Å².